The number of amides is 1. The third kappa shape index (κ3) is 6.30. The van der Waals surface area contributed by atoms with E-state index >= 15 is 0 Å². The maximum absolute atomic E-state index is 12.0. The summed E-state index contributed by atoms with van der Waals surface area (Å²) in [4.78, 5) is 23.1. The van der Waals surface area contributed by atoms with Gasteiger partial charge in [0, 0.05) is 6.42 Å². The number of benzene rings is 1. The molecule has 0 radical (unpaired) electrons. The zero-order chi connectivity index (χ0) is 17.6. The lowest BCUT2D eigenvalue weighted by molar-refractivity contribution is -0.149. The summed E-state index contributed by atoms with van der Waals surface area (Å²) in [6.07, 6.45) is -0.0533. The molecule has 0 aliphatic heterocycles. The lowest BCUT2D eigenvalue weighted by Gasteiger charge is -2.21. The molecule has 0 heterocycles. The Bertz CT molecular complexity index is 534. The van der Waals surface area contributed by atoms with Crippen LogP contribution in [0.1, 0.15) is 52.6 Å². The Morgan fingerprint density at radius 2 is 1.74 bits per heavy atom. The van der Waals surface area contributed by atoms with Crippen molar-refractivity contribution >= 4 is 11.9 Å². The second-order valence-electron chi connectivity index (χ2n) is 6.93. The van der Waals surface area contributed by atoms with Gasteiger partial charge in [0.1, 0.15) is 5.75 Å². The Balaban J connectivity index is 2.59. The second-order valence-corrected chi connectivity index (χ2v) is 6.93. The lowest BCUT2D eigenvalue weighted by atomic mass is 9.89. The van der Waals surface area contributed by atoms with Gasteiger partial charge in [-0.15, -0.1) is 0 Å². The summed E-state index contributed by atoms with van der Waals surface area (Å²) in [7, 11) is 0. The van der Waals surface area contributed by atoms with E-state index in [1.807, 2.05) is 31.2 Å². The summed E-state index contributed by atoms with van der Waals surface area (Å²) in [6.45, 7) is 9.79. The number of aliphatic carboxylic acids is 1. The maximum atomic E-state index is 12.0. The standard InChI is InChI=1S/C18H27NO4/c1-12(2)11-23-15-8-6-14(7-9-15)13(3)19-16(20)10-18(4,5)17(21)22/h6-9,12-13H,10-11H2,1-5H3,(H,19,20)(H,21,22). The zero-order valence-electron chi connectivity index (χ0n) is 14.6. The van der Waals surface area contributed by atoms with Crippen molar-refractivity contribution in [3.8, 4) is 5.75 Å². The van der Waals surface area contributed by atoms with Crippen LogP contribution in [0.5, 0.6) is 5.75 Å². The number of ether oxygens (including phenoxy) is 1. The number of carboxylic acid groups (broad SMARTS) is 1. The third-order valence-electron chi connectivity index (χ3n) is 3.52. The molecular formula is C18H27NO4. The first-order valence-electron chi connectivity index (χ1n) is 7.87. The summed E-state index contributed by atoms with van der Waals surface area (Å²) in [5, 5.41) is 11.9. The van der Waals surface area contributed by atoms with Crippen molar-refractivity contribution in [2.45, 2.75) is 47.1 Å². The van der Waals surface area contributed by atoms with Crippen LogP contribution in [0.4, 0.5) is 0 Å². The first-order valence-corrected chi connectivity index (χ1v) is 7.87. The van der Waals surface area contributed by atoms with E-state index in [2.05, 4.69) is 19.2 Å². The van der Waals surface area contributed by atoms with E-state index in [-0.39, 0.29) is 18.4 Å². The molecule has 1 aromatic carbocycles. The summed E-state index contributed by atoms with van der Waals surface area (Å²) >= 11 is 0. The molecule has 1 rings (SSSR count). The van der Waals surface area contributed by atoms with E-state index in [1.54, 1.807) is 13.8 Å². The minimum atomic E-state index is -1.07. The molecule has 0 fully saturated rings. The highest BCUT2D eigenvalue weighted by Crippen LogP contribution is 2.22. The highest BCUT2D eigenvalue weighted by molar-refractivity contribution is 5.84. The van der Waals surface area contributed by atoms with Gasteiger partial charge in [-0.1, -0.05) is 26.0 Å². The second kappa shape index (κ2) is 7.99. The first-order chi connectivity index (χ1) is 10.6. The van der Waals surface area contributed by atoms with Crippen LogP contribution >= 0.6 is 0 Å². The summed E-state index contributed by atoms with van der Waals surface area (Å²) in [5.41, 5.74) is -0.124. The SMILES string of the molecule is CC(C)COc1ccc(C(C)NC(=O)CC(C)(C)C(=O)O)cc1. The van der Waals surface area contributed by atoms with E-state index in [1.165, 1.54) is 0 Å². The minimum absolute atomic E-state index is 0.0533. The molecule has 128 valence electrons. The molecule has 0 saturated carbocycles. The maximum Gasteiger partial charge on any atom is 0.309 e. The molecule has 5 heteroatoms. The molecule has 0 bridgehead atoms. The van der Waals surface area contributed by atoms with Crippen LogP contribution in [0.2, 0.25) is 0 Å². The molecule has 0 spiro atoms. The van der Waals surface area contributed by atoms with Gasteiger partial charge in [-0.25, -0.2) is 0 Å². The molecule has 0 aliphatic rings. The largest absolute Gasteiger partial charge is 0.493 e. The van der Waals surface area contributed by atoms with Gasteiger partial charge < -0.3 is 15.2 Å². The molecular weight excluding hydrogens is 294 g/mol. The first kappa shape index (κ1) is 19.0. The van der Waals surface area contributed by atoms with Crippen LogP contribution in [0.3, 0.4) is 0 Å². The van der Waals surface area contributed by atoms with Crippen LogP contribution in [-0.2, 0) is 9.59 Å². The highest BCUT2D eigenvalue weighted by Gasteiger charge is 2.30. The van der Waals surface area contributed by atoms with Gasteiger partial charge in [0.25, 0.3) is 0 Å². The van der Waals surface area contributed by atoms with Crippen molar-refractivity contribution in [3.63, 3.8) is 0 Å². The molecule has 0 aromatic heterocycles. The van der Waals surface area contributed by atoms with Crippen LogP contribution in [-0.4, -0.2) is 23.6 Å². The van der Waals surface area contributed by atoms with E-state index in [0.29, 0.717) is 12.5 Å². The summed E-state index contributed by atoms with van der Waals surface area (Å²) in [5.74, 6) is 0.00968. The molecule has 2 N–H and O–H groups in total. The van der Waals surface area contributed by atoms with Gasteiger partial charge >= 0.3 is 5.97 Å². The number of carbonyl (C=O) groups excluding carboxylic acids is 1. The Kier molecular flexibility index (Phi) is 6.61. The lowest BCUT2D eigenvalue weighted by Crippen LogP contribution is -2.34. The van der Waals surface area contributed by atoms with Gasteiger partial charge in [-0.05, 0) is 44.4 Å². The van der Waals surface area contributed by atoms with Crippen molar-refractivity contribution in [1.29, 1.82) is 0 Å². The number of rotatable bonds is 8. The quantitative estimate of drug-likeness (QED) is 0.769. The van der Waals surface area contributed by atoms with E-state index < -0.39 is 11.4 Å². The van der Waals surface area contributed by atoms with Crippen molar-refractivity contribution in [1.82, 2.24) is 5.32 Å². The Labute approximate surface area is 138 Å². The van der Waals surface area contributed by atoms with Gasteiger partial charge in [0.2, 0.25) is 5.91 Å². The van der Waals surface area contributed by atoms with Crippen molar-refractivity contribution < 1.29 is 19.4 Å². The van der Waals surface area contributed by atoms with Crippen LogP contribution in [0.25, 0.3) is 0 Å². The molecule has 0 aliphatic carbocycles. The predicted molar refractivity (Wildman–Crippen MR) is 89.4 cm³/mol. The average molecular weight is 321 g/mol. The van der Waals surface area contributed by atoms with Crippen LogP contribution < -0.4 is 10.1 Å². The van der Waals surface area contributed by atoms with Gasteiger partial charge in [0.05, 0.1) is 18.1 Å². The van der Waals surface area contributed by atoms with Gasteiger partial charge in [-0.3, -0.25) is 9.59 Å². The molecule has 23 heavy (non-hydrogen) atoms. The van der Waals surface area contributed by atoms with Crippen molar-refractivity contribution in [2.75, 3.05) is 6.61 Å². The number of nitrogens with one attached hydrogen (secondary N) is 1. The number of hydrogen-bond donors (Lipinski definition) is 2. The molecule has 5 nitrogen and oxygen atoms in total. The topological polar surface area (TPSA) is 75.6 Å². The molecule has 1 atom stereocenters. The number of carbonyl (C=O) groups is 2. The fourth-order valence-electron chi connectivity index (χ4n) is 1.97. The van der Waals surface area contributed by atoms with Gasteiger partial charge in [-0.2, -0.15) is 0 Å². The monoisotopic (exact) mass is 321 g/mol. The average Bonchev–Trinajstić information content (AvgIpc) is 2.44. The van der Waals surface area contributed by atoms with Gasteiger partial charge in [0.15, 0.2) is 0 Å². The fourth-order valence-corrected chi connectivity index (χ4v) is 1.97. The summed E-state index contributed by atoms with van der Waals surface area (Å²) in [6, 6.07) is 7.38. The number of carboxylic acids is 1. The molecule has 1 amide bonds. The Morgan fingerprint density at radius 3 is 2.22 bits per heavy atom. The Hall–Kier alpha value is -2.04. The number of hydrogen-bond acceptors (Lipinski definition) is 3. The van der Waals surface area contributed by atoms with Crippen LogP contribution in [0.15, 0.2) is 24.3 Å². The predicted octanol–water partition coefficient (Wildman–Crippen LogP) is 3.40. The van der Waals surface area contributed by atoms with E-state index in [4.69, 9.17) is 9.84 Å². The zero-order valence-corrected chi connectivity index (χ0v) is 14.6. The fraction of sp³-hybridized carbons (Fsp3) is 0.556. The van der Waals surface area contributed by atoms with E-state index in [9.17, 15) is 9.59 Å². The highest BCUT2D eigenvalue weighted by atomic mass is 16.5. The van der Waals surface area contributed by atoms with Crippen molar-refractivity contribution in [2.24, 2.45) is 11.3 Å². The normalized spacial score (nSPS) is 12.8. The molecule has 1 aromatic rings. The summed E-state index contributed by atoms with van der Waals surface area (Å²) < 4.78 is 5.62. The third-order valence-corrected chi connectivity index (χ3v) is 3.52. The molecule has 1 unspecified atom stereocenters. The Morgan fingerprint density at radius 1 is 1.17 bits per heavy atom. The minimum Gasteiger partial charge on any atom is -0.493 e. The molecule has 0 saturated heterocycles. The van der Waals surface area contributed by atoms with Crippen molar-refractivity contribution in [3.05, 3.63) is 29.8 Å². The van der Waals surface area contributed by atoms with E-state index in [0.717, 1.165) is 11.3 Å². The van der Waals surface area contributed by atoms with Crippen LogP contribution in [0, 0.1) is 11.3 Å². The smallest absolute Gasteiger partial charge is 0.309 e.